The number of hydrogen-bond acceptors (Lipinski definition) is 4. The molecule has 1 saturated heterocycles. The van der Waals surface area contributed by atoms with Crippen molar-refractivity contribution in [3.63, 3.8) is 0 Å². The summed E-state index contributed by atoms with van der Waals surface area (Å²) in [4.78, 5) is 24.7. The molecule has 2 amide bonds. The summed E-state index contributed by atoms with van der Waals surface area (Å²) in [7, 11) is 0. The number of nitrogens with zero attached hydrogens (tertiary/aromatic N) is 1. The zero-order valence-electron chi connectivity index (χ0n) is 11.7. The molecule has 110 valence electrons. The molecule has 0 aromatic rings. The van der Waals surface area contributed by atoms with Gasteiger partial charge in [-0.3, -0.25) is 9.69 Å². The third-order valence-corrected chi connectivity index (χ3v) is 3.19. The molecule has 0 aromatic heterocycles. The highest BCUT2D eigenvalue weighted by molar-refractivity contribution is 5.77. The van der Waals surface area contributed by atoms with Gasteiger partial charge in [-0.1, -0.05) is 0 Å². The zero-order valence-corrected chi connectivity index (χ0v) is 11.7. The van der Waals surface area contributed by atoms with Crippen molar-refractivity contribution in [2.24, 2.45) is 5.41 Å². The molecule has 19 heavy (non-hydrogen) atoms. The number of urea groups is 1. The van der Waals surface area contributed by atoms with Crippen molar-refractivity contribution in [3.8, 4) is 0 Å². The largest absolute Gasteiger partial charge is 0.481 e. The van der Waals surface area contributed by atoms with E-state index in [0.29, 0.717) is 6.54 Å². The molecule has 1 rings (SSSR count). The van der Waals surface area contributed by atoms with Crippen LogP contribution in [0.2, 0.25) is 0 Å². The first-order chi connectivity index (χ1) is 8.92. The van der Waals surface area contributed by atoms with Crippen LogP contribution < -0.4 is 16.0 Å². The van der Waals surface area contributed by atoms with Crippen LogP contribution >= 0.6 is 0 Å². The van der Waals surface area contributed by atoms with Crippen molar-refractivity contribution in [2.75, 3.05) is 45.8 Å². The molecule has 0 aliphatic carbocycles. The minimum atomic E-state index is -0.949. The lowest BCUT2D eigenvalue weighted by Crippen LogP contribution is -2.48. The second kappa shape index (κ2) is 7.30. The highest BCUT2D eigenvalue weighted by Gasteiger charge is 2.27. The summed E-state index contributed by atoms with van der Waals surface area (Å²) < 4.78 is 0. The van der Waals surface area contributed by atoms with Crippen molar-refractivity contribution in [3.05, 3.63) is 0 Å². The topological polar surface area (TPSA) is 93.7 Å². The average molecular weight is 272 g/mol. The predicted molar refractivity (Wildman–Crippen MR) is 72.1 cm³/mol. The number of carboxylic acids is 1. The Balaban J connectivity index is 2.12. The van der Waals surface area contributed by atoms with Gasteiger partial charge in [0.1, 0.15) is 0 Å². The minimum absolute atomic E-state index is 0.113. The average Bonchev–Trinajstić information content (AvgIpc) is 2.37. The van der Waals surface area contributed by atoms with Gasteiger partial charge in [-0.25, -0.2) is 4.79 Å². The van der Waals surface area contributed by atoms with Gasteiger partial charge in [-0.2, -0.15) is 0 Å². The van der Waals surface area contributed by atoms with Crippen LogP contribution in [0.1, 0.15) is 13.8 Å². The van der Waals surface area contributed by atoms with Crippen molar-refractivity contribution >= 4 is 12.0 Å². The number of carbonyl (C=O) groups is 2. The summed E-state index contributed by atoms with van der Waals surface area (Å²) >= 11 is 0. The fourth-order valence-electron chi connectivity index (χ4n) is 1.70. The van der Waals surface area contributed by atoms with Crippen molar-refractivity contribution in [2.45, 2.75) is 13.8 Å². The fraction of sp³-hybridized carbons (Fsp3) is 0.833. The van der Waals surface area contributed by atoms with Crippen LogP contribution in [-0.4, -0.2) is 67.8 Å². The van der Waals surface area contributed by atoms with Gasteiger partial charge in [0.15, 0.2) is 0 Å². The lowest BCUT2D eigenvalue weighted by atomic mass is 9.94. The van der Waals surface area contributed by atoms with E-state index in [9.17, 15) is 9.59 Å². The first-order valence-corrected chi connectivity index (χ1v) is 6.60. The second-order valence-corrected chi connectivity index (χ2v) is 5.39. The molecule has 7 heteroatoms. The number of carbonyl (C=O) groups excluding carboxylic acids is 1. The Morgan fingerprint density at radius 1 is 1.26 bits per heavy atom. The Labute approximate surface area is 113 Å². The van der Waals surface area contributed by atoms with Gasteiger partial charge >= 0.3 is 12.0 Å². The van der Waals surface area contributed by atoms with Crippen LogP contribution in [0.5, 0.6) is 0 Å². The molecule has 0 aromatic carbocycles. The molecule has 0 spiro atoms. The number of carboxylic acid groups (broad SMARTS) is 1. The Morgan fingerprint density at radius 3 is 2.47 bits per heavy atom. The summed E-state index contributed by atoms with van der Waals surface area (Å²) in [5, 5.41) is 17.5. The Kier molecular flexibility index (Phi) is 6.04. The molecule has 1 aliphatic rings. The molecular formula is C12H24N4O3. The summed E-state index contributed by atoms with van der Waals surface area (Å²) in [6, 6.07) is -0.315. The monoisotopic (exact) mass is 272 g/mol. The first-order valence-electron chi connectivity index (χ1n) is 6.60. The highest BCUT2D eigenvalue weighted by Crippen LogP contribution is 2.12. The predicted octanol–water partition coefficient (Wildman–Crippen LogP) is -0.698. The van der Waals surface area contributed by atoms with E-state index in [1.54, 1.807) is 13.8 Å². The fourth-order valence-corrected chi connectivity index (χ4v) is 1.70. The normalized spacial score (nSPS) is 16.9. The molecule has 7 nitrogen and oxygen atoms in total. The number of hydrogen-bond donors (Lipinski definition) is 4. The smallest absolute Gasteiger partial charge is 0.314 e. The molecule has 0 bridgehead atoms. The summed E-state index contributed by atoms with van der Waals surface area (Å²) in [5.41, 5.74) is -0.949. The standard InChI is InChI=1S/C12H24N4O3/c1-12(2,10(17)18)9-15-11(19)14-5-8-16-6-3-13-4-7-16/h13H,3-9H2,1-2H3,(H,17,18)(H2,14,15,19). The van der Waals surface area contributed by atoms with Crippen molar-refractivity contribution < 1.29 is 14.7 Å². The van der Waals surface area contributed by atoms with E-state index in [2.05, 4.69) is 20.9 Å². The van der Waals surface area contributed by atoms with Crippen LogP contribution in [0.15, 0.2) is 0 Å². The highest BCUT2D eigenvalue weighted by atomic mass is 16.4. The SMILES string of the molecule is CC(C)(CNC(=O)NCCN1CCNCC1)C(=O)O. The van der Waals surface area contributed by atoms with Gasteiger partial charge in [0.2, 0.25) is 0 Å². The van der Waals surface area contributed by atoms with Gasteiger partial charge in [-0.05, 0) is 13.8 Å². The molecule has 1 heterocycles. The van der Waals surface area contributed by atoms with Crippen LogP contribution in [0.25, 0.3) is 0 Å². The number of amides is 2. The molecule has 1 fully saturated rings. The van der Waals surface area contributed by atoms with Crippen LogP contribution in [0.3, 0.4) is 0 Å². The van der Waals surface area contributed by atoms with Crippen molar-refractivity contribution in [1.82, 2.24) is 20.9 Å². The molecule has 0 unspecified atom stereocenters. The summed E-state index contributed by atoms with van der Waals surface area (Å²) in [6.07, 6.45) is 0. The third-order valence-electron chi connectivity index (χ3n) is 3.19. The lowest BCUT2D eigenvalue weighted by Gasteiger charge is -2.27. The summed E-state index contributed by atoms with van der Waals surface area (Å²) in [5.74, 6) is -0.923. The Hall–Kier alpha value is -1.34. The van der Waals surface area contributed by atoms with Gasteiger partial charge in [-0.15, -0.1) is 0 Å². The second-order valence-electron chi connectivity index (χ2n) is 5.39. The molecule has 1 aliphatic heterocycles. The molecule has 0 saturated carbocycles. The van der Waals surface area contributed by atoms with E-state index in [0.717, 1.165) is 32.7 Å². The van der Waals surface area contributed by atoms with Crippen LogP contribution in [0.4, 0.5) is 4.79 Å². The van der Waals surface area contributed by atoms with E-state index < -0.39 is 11.4 Å². The molecular weight excluding hydrogens is 248 g/mol. The molecule has 0 atom stereocenters. The number of piperazine rings is 1. The molecule has 4 N–H and O–H groups in total. The third kappa shape index (κ3) is 5.89. The minimum Gasteiger partial charge on any atom is -0.481 e. The Bertz CT molecular complexity index is 314. The number of aliphatic carboxylic acids is 1. The van der Waals surface area contributed by atoms with Crippen LogP contribution in [-0.2, 0) is 4.79 Å². The maximum atomic E-state index is 11.5. The Morgan fingerprint density at radius 2 is 1.89 bits per heavy atom. The van der Waals surface area contributed by atoms with E-state index in [1.165, 1.54) is 0 Å². The molecule has 0 radical (unpaired) electrons. The number of nitrogens with one attached hydrogen (secondary N) is 3. The van der Waals surface area contributed by atoms with Crippen LogP contribution in [0, 0.1) is 5.41 Å². The number of rotatable bonds is 6. The lowest BCUT2D eigenvalue weighted by molar-refractivity contribution is -0.146. The van der Waals surface area contributed by atoms with E-state index >= 15 is 0 Å². The van der Waals surface area contributed by atoms with Gasteiger partial charge in [0, 0.05) is 45.8 Å². The quantitative estimate of drug-likeness (QED) is 0.513. The van der Waals surface area contributed by atoms with E-state index in [4.69, 9.17) is 5.11 Å². The maximum Gasteiger partial charge on any atom is 0.314 e. The maximum absolute atomic E-state index is 11.5. The first kappa shape index (κ1) is 15.7. The van der Waals surface area contributed by atoms with E-state index in [1.807, 2.05) is 0 Å². The van der Waals surface area contributed by atoms with E-state index in [-0.39, 0.29) is 12.6 Å². The summed E-state index contributed by atoms with van der Waals surface area (Å²) in [6.45, 7) is 8.62. The zero-order chi connectivity index (χ0) is 14.3. The van der Waals surface area contributed by atoms with Crippen molar-refractivity contribution in [1.29, 1.82) is 0 Å². The van der Waals surface area contributed by atoms with Gasteiger partial charge in [0.25, 0.3) is 0 Å². The van der Waals surface area contributed by atoms with Gasteiger partial charge in [0.05, 0.1) is 5.41 Å². The van der Waals surface area contributed by atoms with Gasteiger partial charge < -0.3 is 21.1 Å².